The second kappa shape index (κ2) is 7.29. The van der Waals surface area contributed by atoms with Gasteiger partial charge in [-0.25, -0.2) is 4.79 Å². The number of nitrogens with one attached hydrogen (secondary N) is 2. The smallest absolute Gasteiger partial charge is 0.319 e. The van der Waals surface area contributed by atoms with Crippen LogP contribution in [0, 0.1) is 5.92 Å². The number of nitrogens with two attached hydrogens (primary N) is 1. The normalized spacial score (nSPS) is 22.3. The molecule has 1 aliphatic carbocycles. The maximum absolute atomic E-state index is 12.1. The lowest BCUT2D eigenvalue weighted by Crippen LogP contribution is -2.43. The minimum atomic E-state index is -0.107. The Balaban J connectivity index is 1.90. The molecule has 1 saturated carbocycles. The van der Waals surface area contributed by atoms with Crippen molar-refractivity contribution in [3.63, 3.8) is 0 Å². The van der Waals surface area contributed by atoms with Gasteiger partial charge in [-0.3, -0.25) is 0 Å². The van der Waals surface area contributed by atoms with Crippen LogP contribution in [-0.2, 0) is 6.54 Å². The molecule has 2 atom stereocenters. The molecule has 110 valence electrons. The Morgan fingerprint density at radius 2 is 2.15 bits per heavy atom. The fourth-order valence-corrected chi connectivity index (χ4v) is 3.00. The van der Waals surface area contributed by atoms with Crippen molar-refractivity contribution in [1.29, 1.82) is 0 Å². The van der Waals surface area contributed by atoms with Crippen molar-refractivity contribution in [3.05, 3.63) is 29.8 Å². The molecular formula is C16H25N3O. The van der Waals surface area contributed by atoms with E-state index in [4.69, 9.17) is 5.73 Å². The number of amides is 2. The van der Waals surface area contributed by atoms with Gasteiger partial charge in [0.15, 0.2) is 0 Å². The molecule has 2 unspecified atom stereocenters. The molecular weight excluding hydrogens is 250 g/mol. The number of anilines is 1. The average molecular weight is 275 g/mol. The van der Waals surface area contributed by atoms with E-state index in [1.165, 1.54) is 19.3 Å². The second-order valence-corrected chi connectivity index (χ2v) is 5.56. The number of hydrogen-bond acceptors (Lipinski definition) is 2. The summed E-state index contributed by atoms with van der Waals surface area (Å²) in [7, 11) is 0. The van der Waals surface area contributed by atoms with Crippen LogP contribution in [0.4, 0.5) is 10.5 Å². The van der Waals surface area contributed by atoms with Crippen molar-refractivity contribution in [2.24, 2.45) is 11.7 Å². The molecule has 0 heterocycles. The van der Waals surface area contributed by atoms with Gasteiger partial charge in [0.05, 0.1) is 0 Å². The molecule has 0 aromatic heterocycles. The Kier molecular flexibility index (Phi) is 5.41. The Bertz CT molecular complexity index is 447. The van der Waals surface area contributed by atoms with Crippen LogP contribution in [0.2, 0.25) is 0 Å². The summed E-state index contributed by atoms with van der Waals surface area (Å²) in [5.41, 5.74) is 7.43. The predicted octanol–water partition coefficient (Wildman–Crippen LogP) is 3.24. The van der Waals surface area contributed by atoms with Gasteiger partial charge in [-0.05, 0) is 36.5 Å². The molecule has 4 nitrogen and oxygen atoms in total. The Morgan fingerprint density at radius 1 is 1.35 bits per heavy atom. The zero-order chi connectivity index (χ0) is 14.4. The van der Waals surface area contributed by atoms with Gasteiger partial charge in [0.2, 0.25) is 0 Å². The lowest BCUT2D eigenvalue weighted by Gasteiger charge is -2.31. The summed E-state index contributed by atoms with van der Waals surface area (Å²) in [6.45, 7) is 2.69. The standard InChI is InChI=1S/C16H25N3O/c1-2-13-7-3-4-9-15(13)19-16(20)18-14-8-5-6-12(10-14)11-17/h5-6,8,10,13,15H,2-4,7,9,11,17H2,1H3,(H2,18,19,20). The monoisotopic (exact) mass is 275 g/mol. The minimum absolute atomic E-state index is 0.107. The van der Waals surface area contributed by atoms with Crippen molar-refractivity contribution in [2.75, 3.05) is 5.32 Å². The van der Waals surface area contributed by atoms with Gasteiger partial charge in [-0.2, -0.15) is 0 Å². The number of hydrogen-bond donors (Lipinski definition) is 3. The highest BCUT2D eigenvalue weighted by Crippen LogP contribution is 2.26. The van der Waals surface area contributed by atoms with Gasteiger partial charge >= 0.3 is 6.03 Å². The van der Waals surface area contributed by atoms with Crippen LogP contribution in [0.15, 0.2) is 24.3 Å². The zero-order valence-electron chi connectivity index (χ0n) is 12.2. The molecule has 1 aliphatic rings. The van der Waals surface area contributed by atoms with Crippen LogP contribution >= 0.6 is 0 Å². The topological polar surface area (TPSA) is 67.2 Å². The number of urea groups is 1. The van der Waals surface area contributed by atoms with Crippen LogP contribution in [0.1, 0.15) is 44.6 Å². The predicted molar refractivity (Wildman–Crippen MR) is 82.5 cm³/mol. The van der Waals surface area contributed by atoms with Crippen LogP contribution in [-0.4, -0.2) is 12.1 Å². The summed E-state index contributed by atoms with van der Waals surface area (Å²) in [5.74, 6) is 0.616. The third-order valence-corrected chi connectivity index (χ3v) is 4.17. The molecule has 20 heavy (non-hydrogen) atoms. The van der Waals surface area contributed by atoms with E-state index in [1.54, 1.807) is 0 Å². The molecule has 2 rings (SSSR count). The highest BCUT2D eigenvalue weighted by atomic mass is 16.2. The lowest BCUT2D eigenvalue weighted by molar-refractivity contribution is 0.226. The Hall–Kier alpha value is -1.55. The van der Waals surface area contributed by atoms with Gasteiger partial charge in [0.1, 0.15) is 0 Å². The first-order chi connectivity index (χ1) is 9.72. The Morgan fingerprint density at radius 3 is 2.90 bits per heavy atom. The van der Waals surface area contributed by atoms with Crippen molar-refractivity contribution in [1.82, 2.24) is 5.32 Å². The first-order valence-electron chi connectivity index (χ1n) is 7.59. The van der Waals surface area contributed by atoms with Gasteiger partial charge in [0.25, 0.3) is 0 Å². The lowest BCUT2D eigenvalue weighted by atomic mass is 9.83. The third-order valence-electron chi connectivity index (χ3n) is 4.17. The van der Waals surface area contributed by atoms with E-state index in [-0.39, 0.29) is 6.03 Å². The minimum Gasteiger partial charge on any atom is -0.335 e. The van der Waals surface area contributed by atoms with E-state index in [0.29, 0.717) is 18.5 Å². The summed E-state index contributed by atoms with van der Waals surface area (Å²) < 4.78 is 0. The van der Waals surface area contributed by atoms with Crippen LogP contribution in [0.25, 0.3) is 0 Å². The summed E-state index contributed by atoms with van der Waals surface area (Å²) in [6, 6.07) is 7.87. The molecule has 0 bridgehead atoms. The summed E-state index contributed by atoms with van der Waals surface area (Å²) in [4.78, 5) is 12.1. The van der Waals surface area contributed by atoms with Gasteiger partial charge in [-0.15, -0.1) is 0 Å². The quantitative estimate of drug-likeness (QED) is 0.789. The van der Waals surface area contributed by atoms with E-state index in [0.717, 1.165) is 24.1 Å². The summed E-state index contributed by atoms with van der Waals surface area (Å²) in [6.07, 6.45) is 5.95. The first-order valence-corrected chi connectivity index (χ1v) is 7.59. The van der Waals surface area contributed by atoms with E-state index in [9.17, 15) is 4.79 Å². The zero-order valence-corrected chi connectivity index (χ0v) is 12.2. The van der Waals surface area contributed by atoms with Gasteiger partial charge < -0.3 is 16.4 Å². The van der Waals surface area contributed by atoms with Crippen molar-refractivity contribution < 1.29 is 4.79 Å². The molecule has 0 aliphatic heterocycles. The Labute approximate surface area is 121 Å². The average Bonchev–Trinajstić information content (AvgIpc) is 2.48. The molecule has 4 heteroatoms. The van der Waals surface area contributed by atoms with Gasteiger partial charge in [0, 0.05) is 18.3 Å². The van der Waals surface area contributed by atoms with Crippen LogP contribution in [0.5, 0.6) is 0 Å². The second-order valence-electron chi connectivity index (χ2n) is 5.56. The van der Waals surface area contributed by atoms with Crippen LogP contribution in [0.3, 0.4) is 0 Å². The first kappa shape index (κ1) is 14.9. The number of rotatable bonds is 4. The summed E-state index contributed by atoms with van der Waals surface area (Å²) >= 11 is 0. The molecule has 1 fully saturated rings. The molecule has 0 radical (unpaired) electrons. The number of benzene rings is 1. The number of carbonyl (C=O) groups excluding carboxylic acids is 1. The van der Waals surface area contributed by atoms with E-state index >= 15 is 0 Å². The van der Waals surface area contributed by atoms with Crippen molar-refractivity contribution in [3.8, 4) is 0 Å². The molecule has 1 aromatic rings. The molecule has 4 N–H and O–H groups in total. The largest absolute Gasteiger partial charge is 0.335 e. The van der Waals surface area contributed by atoms with E-state index in [2.05, 4.69) is 17.6 Å². The molecule has 0 saturated heterocycles. The van der Waals surface area contributed by atoms with Crippen molar-refractivity contribution in [2.45, 2.75) is 51.6 Å². The highest BCUT2D eigenvalue weighted by molar-refractivity contribution is 5.89. The fourth-order valence-electron chi connectivity index (χ4n) is 3.00. The molecule has 0 spiro atoms. The van der Waals surface area contributed by atoms with Crippen molar-refractivity contribution >= 4 is 11.7 Å². The highest BCUT2D eigenvalue weighted by Gasteiger charge is 2.24. The SMILES string of the molecule is CCC1CCCCC1NC(=O)Nc1cccc(CN)c1. The van der Waals surface area contributed by atoms with Crippen LogP contribution < -0.4 is 16.4 Å². The maximum Gasteiger partial charge on any atom is 0.319 e. The third kappa shape index (κ3) is 3.97. The maximum atomic E-state index is 12.1. The number of carbonyl (C=O) groups is 1. The molecule has 1 aromatic carbocycles. The summed E-state index contributed by atoms with van der Waals surface area (Å²) in [5, 5.41) is 6.03. The fraction of sp³-hybridized carbons (Fsp3) is 0.562. The van der Waals surface area contributed by atoms with Gasteiger partial charge in [-0.1, -0.05) is 38.3 Å². The van der Waals surface area contributed by atoms with E-state index in [1.807, 2.05) is 24.3 Å². The molecule has 2 amide bonds. The van der Waals surface area contributed by atoms with E-state index < -0.39 is 0 Å².